The molecule has 14 nitrogen and oxygen atoms in total. The Labute approximate surface area is 280 Å². The Kier molecular flexibility index (Phi) is 16.4. The first-order chi connectivity index (χ1) is 22.6. The van der Waals surface area contributed by atoms with Crippen LogP contribution >= 0.6 is 12.2 Å². The summed E-state index contributed by atoms with van der Waals surface area (Å²) in [7, 11) is 0. The molecule has 2 aliphatic rings. The lowest BCUT2D eigenvalue weighted by molar-refractivity contribution is -0.140. The summed E-state index contributed by atoms with van der Waals surface area (Å²) in [4.78, 5) is 52.0. The first-order valence-corrected chi connectivity index (χ1v) is 16.3. The van der Waals surface area contributed by atoms with Gasteiger partial charge in [0.05, 0.1) is 19.6 Å². The van der Waals surface area contributed by atoms with Crippen molar-refractivity contribution in [2.24, 2.45) is 0 Å². The van der Waals surface area contributed by atoms with E-state index in [1.165, 1.54) is 0 Å². The Hall–Kier alpha value is -3.81. The van der Waals surface area contributed by atoms with Crippen molar-refractivity contribution in [3.63, 3.8) is 0 Å². The second-order valence-electron chi connectivity index (χ2n) is 11.7. The third-order valence-corrected chi connectivity index (χ3v) is 8.09. The molecule has 1 heterocycles. The molecule has 258 valence electrons. The number of aliphatic carboxylic acids is 3. The minimum Gasteiger partial charge on any atom is -0.480 e. The Morgan fingerprint density at radius 2 is 1.51 bits per heavy atom. The highest BCUT2D eigenvalue weighted by atomic mass is 32.1. The van der Waals surface area contributed by atoms with Crippen LogP contribution in [0.25, 0.3) is 0 Å². The minimum atomic E-state index is -1.02. The van der Waals surface area contributed by atoms with Crippen molar-refractivity contribution in [2.45, 2.75) is 50.7 Å². The number of hydrogen-bond acceptors (Lipinski definition) is 9. The number of carboxylic acids is 3. The topological polar surface area (TPSA) is 184 Å². The van der Waals surface area contributed by atoms with Crippen molar-refractivity contribution in [2.75, 3.05) is 77.4 Å². The third-order valence-electron chi connectivity index (χ3n) is 7.84. The lowest BCUT2D eigenvalue weighted by Gasteiger charge is -2.33. The number of carbonyl (C=O) groups excluding carboxylic acids is 1. The van der Waals surface area contributed by atoms with E-state index < -0.39 is 17.9 Å². The van der Waals surface area contributed by atoms with Crippen LogP contribution in [-0.4, -0.2) is 143 Å². The maximum Gasteiger partial charge on any atom is 0.317 e. The van der Waals surface area contributed by atoms with E-state index in [-0.39, 0.29) is 44.3 Å². The number of carboxylic acid groups (broad SMARTS) is 3. The van der Waals surface area contributed by atoms with Crippen LogP contribution in [0.5, 0.6) is 0 Å². The average Bonchev–Trinajstić information content (AvgIpc) is 3.05. The van der Waals surface area contributed by atoms with Crippen LogP contribution in [0.15, 0.2) is 24.3 Å². The van der Waals surface area contributed by atoms with Crippen LogP contribution in [0.1, 0.15) is 37.7 Å². The summed E-state index contributed by atoms with van der Waals surface area (Å²) in [6.45, 7) is 1.72. The van der Waals surface area contributed by atoms with Crippen LogP contribution < -0.4 is 16.0 Å². The fraction of sp³-hybridized carbons (Fsp3) is 0.594. The molecule has 1 aliphatic heterocycles. The molecule has 0 aromatic heterocycles. The number of hydrogen-bond donors (Lipinski definition) is 6. The molecule has 1 fully saturated rings. The lowest BCUT2D eigenvalue weighted by atomic mass is 10.0. The molecule has 1 amide bonds. The first-order valence-electron chi connectivity index (χ1n) is 15.9. The Balaban J connectivity index is 1.49. The van der Waals surface area contributed by atoms with E-state index in [0.29, 0.717) is 57.3 Å². The summed E-state index contributed by atoms with van der Waals surface area (Å²) < 4.78 is 5.65. The predicted molar refractivity (Wildman–Crippen MR) is 179 cm³/mol. The molecule has 0 spiro atoms. The van der Waals surface area contributed by atoms with E-state index in [2.05, 4.69) is 27.8 Å². The number of benzene rings is 1. The molecular formula is C32H46N6O8S. The van der Waals surface area contributed by atoms with Crippen LogP contribution in [0.4, 0.5) is 5.69 Å². The van der Waals surface area contributed by atoms with Gasteiger partial charge in [0.25, 0.3) is 0 Å². The average molecular weight is 675 g/mol. The number of thiocarbonyl (C=S) groups is 1. The lowest BCUT2D eigenvalue weighted by Crippen LogP contribution is -2.49. The van der Waals surface area contributed by atoms with Gasteiger partial charge in [-0.15, -0.1) is 5.92 Å². The number of carbonyl (C=O) groups is 4. The van der Waals surface area contributed by atoms with Crippen molar-refractivity contribution in [1.82, 2.24) is 25.3 Å². The molecule has 0 bridgehead atoms. The summed E-state index contributed by atoms with van der Waals surface area (Å²) in [5, 5.41) is 37.7. The second-order valence-corrected chi connectivity index (χ2v) is 12.1. The Morgan fingerprint density at radius 3 is 2.23 bits per heavy atom. The molecular weight excluding hydrogens is 628 g/mol. The van der Waals surface area contributed by atoms with Gasteiger partial charge in [0.1, 0.15) is 12.7 Å². The third kappa shape index (κ3) is 15.6. The minimum absolute atomic E-state index is 0.0376. The fourth-order valence-corrected chi connectivity index (χ4v) is 5.71. The zero-order valence-corrected chi connectivity index (χ0v) is 27.4. The van der Waals surface area contributed by atoms with E-state index in [4.69, 9.17) is 17.0 Å². The summed E-state index contributed by atoms with van der Waals surface area (Å²) in [6, 6.07) is 7.18. The van der Waals surface area contributed by atoms with Gasteiger partial charge in [0.15, 0.2) is 5.11 Å². The van der Waals surface area contributed by atoms with Crippen LogP contribution in [0.2, 0.25) is 0 Å². The number of anilines is 1. The quantitative estimate of drug-likeness (QED) is 0.0860. The highest BCUT2D eigenvalue weighted by molar-refractivity contribution is 7.80. The molecule has 3 rings (SSSR count). The van der Waals surface area contributed by atoms with Gasteiger partial charge in [-0.2, -0.15) is 0 Å². The smallest absolute Gasteiger partial charge is 0.317 e. The van der Waals surface area contributed by atoms with Gasteiger partial charge in [-0.25, -0.2) is 0 Å². The van der Waals surface area contributed by atoms with E-state index >= 15 is 0 Å². The van der Waals surface area contributed by atoms with Crippen molar-refractivity contribution in [3.8, 4) is 11.8 Å². The molecule has 1 aromatic rings. The SMILES string of the molecule is O=C(O)CN1CCN(CC(=O)O)CC(Cc2ccc(NC(=S)NCCNC(=O)COC3C#CCCCCC3)cc2)N(CC(=O)O)CC1. The predicted octanol–water partition coefficient (Wildman–Crippen LogP) is 0.526. The molecule has 47 heavy (non-hydrogen) atoms. The van der Waals surface area contributed by atoms with Crippen molar-refractivity contribution < 1.29 is 39.2 Å². The standard InChI is InChI=1S/C32H46N6O8S/c39-28(23-46-27-6-4-2-1-3-5-7-27)33-12-13-34-32(47)35-25-10-8-24(9-11-25)18-26-19-37(21-30(42)43)15-14-36(20-29(40)41)16-17-38(26)22-31(44)45/h8-11,26-27H,1-4,6,12-23H2,(H,33,39)(H,40,41)(H,42,43)(H,44,45)(H2,34,35,47). The summed E-state index contributed by atoms with van der Waals surface area (Å²) in [5.74, 6) is 2.95. The first kappa shape index (κ1) is 37.6. The molecule has 2 atom stereocenters. The van der Waals surface area contributed by atoms with Gasteiger partial charge in [0, 0.05) is 64.0 Å². The molecule has 1 aromatic carbocycles. The number of amides is 1. The molecule has 15 heteroatoms. The van der Waals surface area contributed by atoms with Crippen molar-refractivity contribution in [1.29, 1.82) is 0 Å². The molecule has 1 saturated heterocycles. The second kappa shape index (κ2) is 20.4. The van der Waals surface area contributed by atoms with Gasteiger partial charge < -0.3 is 36.0 Å². The van der Waals surface area contributed by atoms with Gasteiger partial charge >= 0.3 is 17.9 Å². The number of nitrogens with one attached hydrogen (secondary N) is 3. The fourth-order valence-electron chi connectivity index (χ4n) is 5.49. The van der Waals surface area contributed by atoms with E-state index in [1.54, 1.807) is 14.7 Å². The van der Waals surface area contributed by atoms with Crippen LogP contribution in [0, 0.1) is 11.8 Å². The largest absolute Gasteiger partial charge is 0.480 e. The maximum absolute atomic E-state index is 12.1. The van der Waals surface area contributed by atoms with Crippen molar-refractivity contribution >= 4 is 46.8 Å². The van der Waals surface area contributed by atoms with Crippen molar-refractivity contribution in [3.05, 3.63) is 29.8 Å². The van der Waals surface area contributed by atoms with Gasteiger partial charge in [-0.05, 0) is 55.6 Å². The normalized spacial score (nSPS) is 19.7. The van der Waals surface area contributed by atoms with E-state index in [9.17, 15) is 34.5 Å². The number of rotatable bonds is 15. The summed E-state index contributed by atoms with van der Waals surface area (Å²) >= 11 is 5.39. The number of ether oxygens (including phenoxy) is 1. The van der Waals surface area contributed by atoms with Gasteiger partial charge in [-0.3, -0.25) is 33.9 Å². The van der Waals surface area contributed by atoms with Gasteiger partial charge in [-0.1, -0.05) is 24.5 Å². The van der Waals surface area contributed by atoms with Crippen LogP contribution in [-0.2, 0) is 30.3 Å². The van der Waals surface area contributed by atoms with Crippen LogP contribution in [0.3, 0.4) is 0 Å². The molecule has 6 N–H and O–H groups in total. The summed E-state index contributed by atoms with van der Waals surface area (Å²) in [6.07, 6.45) is 5.26. The Morgan fingerprint density at radius 1 is 0.851 bits per heavy atom. The monoisotopic (exact) mass is 674 g/mol. The molecule has 0 radical (unpaired) electrons. The zero-order chi connectivity index (χ0) is 34.0. The molecule has 0 saturated carbocycles. The summed E-state index contributed by atoms with van der Waals surface area (Å²) in [5.41, 5.74) is 1.65. The zero-order valence-electron chi connectivity index (χ0n) is 26.6. The maximum atomic E-state index is 12.1. The Bertz CT molecular complexity index is 1270. The van der Waals surface area contributed by atoms with E-state index in [1.807, 2.05) is 24.3 Å². The van der Waals surface area contributed by atoms with E-state index in [0.717, 1.165) is 43.4 Å². The molecule has 2 unspecified atom stereocenters. The number of nitrogens with zero attached hydrogens (tertiary/aromatic N) is 3. The highest BCUT2D eigenvalue weighted by Gasteiger charge is 2.28. The molecule has 1 aliphatic carbocycles. The highest BCUT2D eigenvalue weighted by Crippen LogP contribution is 2.16. The van der Waals surface area contributed by atoms with Gasteiger partial charge in [0.2, 0.25) is 5.91 Å².